The van der Waals surface area contributed by atoms with Gasteiger partial charge in [0.05, 0.1) is 18.9 Å². The number of imidazole rings is 1. The summed E-state index contributed by atoms with van der Waals surface area (Å²) in [6.07, 6.45) is 7.04. The standard InChI is InChI=1S/C18H27N5S.HI/c1-4-20-18(21-11-16-6-5-15(3)24-16)22-9-7-14(2)17(12-22)23-10-8-19-13-23;/h5-6,8,10,13-14,17H,4,7,9,11-12H2,1-3H3,(H,20,21);1H. The number of aromatic nitrogens is 2. The summed E-state index contributed by atoms with van der Waals surface area (Å²) in [5.41, 5.74) is 0. The molecule has 138 valence electrons. The number of nitrogens with zero attached hydrogens (tertiary/aromatic N) is 4. The Hall–Kier alpha value is -1.09. The highest BCUT2D eigenvalue weighted by Crippen LogP contribution is 2.27. The molecule has 2 aromatic rings. The first-order valence-electron chi connectivity index (χ1n) is 8.73. The summed E-state index contributed by atoms with van der Waals surface area (Å²) in [4.78, 5) is 14.2. The van der Waals surface area contributed by atoms with Crippen molar-refractivity contribution in [2.24, 2.45) is 10.9 Å². The van der Waals surface area contributed by atoms with Crippen LogP contribution in [-0.4, -0.2) is 40.0 Å². The number of nitrogens with one attached hydrogen (secondary N) is 1. The van der Waals surface area contributed by atoms with E-state index in [-0.39, 0.29) is 24.0 Å². The van der Waals surface area contributed by atoms with E-state index in [1.807, 2.05) is 23.9 Å². The number of halogens is 1. The van der Waals surface area contributed by atoms with E-state index in [0.29, 0.717) is 12.0 Å². The average Bonchev–Trinajstić information content (AvgIpc) is 3.24. The Morgan fingerprint density at radius 2 is 2.28 bits per heavy atom. The zero-order chi connectivity index (χ0) is 16.9. The van der Waals surface area contributed by atoms with Gasteiger partial charge in [-0.1, -0.05) is 6.92 Å². The van der Waals surface area contributed by atoms with Gasteiger partial charge in [-0.05, 0) is 38.3 Å². The van der Waals surface area contributed by atoms with Crippen LogP contribution in [0.3, 0.4) is 0 Å². The molecule has 3 heterocycles. The molecule has 2 atom stereocenters. The minimum Gasteiger partial charge on any atom is -0.357 e. The molecule has 2 unspecified atom stereocenters. The Morgan fingerprint density at radius 3 is 2.92 bits per heavy atom. The van der Waals surface area contributed by atoms with Crippen LogP contribution in [0.2, 0.25) is 0 Å². The van der Waals surface area contributed by atoms with Crippen molar-refractivity contribution in [1.82, 2.24) is 19.8 Å². The Morgan fingerprint density at radius 1 is 1.44 bits per heavy atom. The van der Waals surface area contributed by atoms with Crippen molar-refractivity contribution in [1.29, 1.82) is 0 Å². The molecule has 25 heavy (non-hydrogen) atoms. The number of piperidine rings is 1. The van der Waals surface area contributed by atoms with E-state index in [9.17, 15) is 0 Å². The largest absolute Gasteiger partial charge is 0.357 e. The van der Waals surface area contributed by atoms with Gasteiger partial charge in [-0.3, -0.25) is 0 Å². The molecule has 1 saturated heterocycles. The first-order valence-corrected chi connectivity index (χ1v) is 9.55. The number of aliphatic imine (C=N–C) groups is 1. The molecule has 0 aromatic carbocycles. The van der Waals surface area contributed by atoms with Gasteiger partial charge in [0.15, 0.2) is 5.96 Å². The van der Waals surface area contributed by atoms with Crippen molar-refractivity contribution in [2.45, 2.75) is 39.8 Å². The van der Waals surface area contributed by atoms with E-state index < -0.39 is 0 Å². The predicted molar refractivity (Wildman–Crippen MR) is 116 cm³/mol. The Labute approximate surface area is 171 Å². The quantitative estimate of drug-likeness (QED) is 0.416. The van der Waals surface area contributed by atoms with E-state index in [2.05, 4.69) is 58.9 Å². The highest BCUT2D eigenvalue weighted by Gasteiger charge is 2.28. The second-order valence-electron chi connectivity index (χ2n) is 6.47. The number of hydrogen-bond acceptors (Lipinski definition) is 3. The van der Waals surface area contributed by atoms with Crippen molar-refractivity contribution in [3.05, 3.63) is 40.6 Å². The van der Waals surface area contributed by atoms with Gasteiger partial charge in [0, 0.05) is 41.8 Å². The lowest BCUT2D eigenvalue weighted by Crippen LogP contribution is -2.49. The number of aryl methyl sites for hydroxylation is 1. The molecule has 1 fully saturated rings. The minimum absolute atomic E-state index is 0. The maximum atomic E-state index is 4.88. The summed E-state index contributed by atoms with van der Waals surface area (Å²) in [6, 6.07) is 4.80. The molecule has 1 aliphatic rings. The average molecular weight is 473 g/mol. The first-order chi connectivity index (χ1) is 11.7. The molecule has 0 aliphatic carbocycles. The maximum Gasteiger partial charge on any atom is 0.194 e. The van der Waals surface area contributed by atoms with Gasteiger partial charge in [0.1, 0.15) is 0 Å². The fraction of sp³-hybridized carbons (Fsp3) is 0.556. The maximum absolute atomic E-state index is 4.88. The Balaban J connectivity index is 0.00000225. The molecule has 0 amide bonds. The molecule has 7 heteroatoms. The van der Waals surface area contributed by atoms with Crippen LogP contribution in [0.5, 0.6) is 0 Å². The Bertz CT molecular complexity index is 667. The first kappa shape index (κ1) is 20.2. The van der Waals surface area contributed by atoms with Crippen LogP contribution in [0.1, 0.15) is 36.1 Å². The van der Waals surface area contributed by atoms with Crippen LogP contribution in [0.25, 0.3) is 0 Å². The summed E-state index contributed by atoms with van der Waals surface area (Å²) in [5.74, 6) is 1.68. The van der Waals surface area contributed by atoms with Gasteiger partial charge < -0.3 is 14.8 Å². The van der Waals surface area contributed by atoms with Gasteiger partial charge in [0.25, 0.3) is 0 Å². The molecule has 1 N–H and O–H groups in total. The van der Waals surface area contributed by atoms with Gasteiger partial charge in [-0.15, -0.1) is 35.3 Å². The third-order valence-corrected chi connectivity index (χ3v) is 5.63. The number of likely N-dealkylation sites (tertiary alicyclic amines) is 1. The molecule has 0 radical (unpaired) electrons. The number of guanidine groups is 1. The third-order valence-electron chi connectivity index (χ3n) is 4.64. The Kier molecular flexibility index (Phi) is 7.74. The van der Waals surface area contributed by atoms with Gasteiger partial charge >= 0.3 is 0 Å². The second-order valence-corrected chi connectivity index (χ2v) is 7.84. The summed E-state index contributed by atoms with van der Waals surface area (Å²) < 4.78 is 2.24. The highest BCUT2D eigenvalue weighted by atomic mass is 127. The molecule has 0 bridgehead atoms. The normalized spacial score (nSPS) is 21.1. The summed E-state index contributed by atoms with van der Waals surface area (Å²) >= 11 is 1.83. The van der Waals surface area contributed by atoms with Crippen LogP contribution < -0.4 is 5.32 Å². The molecule has 2 aromatic heterocycles. The summed E-state index contributed by atoms with van der Waals surface area (Å²) in [7, 11) is 0. The molecular formula is C18H28IN5S. The van der Waals surface area contributed by atoms with Crippen molar-refractivity contribution in [3.8, 4) is 0 Å². The molecule has 3 rings (SSSR count). The van der Waals surface area contributed by atoms with Crippen LogP contribution in [-0.2, 0) is 6.54 Å². The summed E-state index contributed by atoms with van der Waals surface area (Å²) in [6.45, 7) is 10.3. The van der Waals surface area contributed by atoms with Gasteiger partial charge in [-0.25, -0.2) is 9.98 Å². The van der Waals surface area contributed by atoms with Gasteiger partial charge in [-0.2, -0.15) is 0 Å². The van der Waals surface area contributed by atoms with Crippen LogP contribution in [0, 0.1) is 12.8 Å². The molecule has 0 saturated carbocycles. The molecule has 0 spiro atoms. The fourth-order valence-electron chi connectivity index (χ4n) is 3.24. The second kappa shape index (κ2) is 9.56. The van der Waals surface area contributed by atoms with Crippen LogP contribution in [0.15, 0.2) is 35.8 Å². The molecule has 5 nitrogen and oxygen atoms in total. The van der Waals surface area contributed by atoms with E-state index in [4.69, 9.17) is 4.99 Å². The molecule has 1 aliphatic heterocycles. The van der Waals surface area contributed by atoms with E-state index in [0.717, 1.165) is 32.1 Å². The molecular weight excluding hydrogens is 445 g/mol. The minimum atomic E-state index is 0. The van der Waals surface area contributed by atoms with Crippen molar-refractivity contribution in [3.63, 3.8) is 0 Å². The number of rotatable bonds is 4. The zero-order valence-corrected chi connectivity index (χ0v) is 18.3. The summed E-state index contributed by atoms with van der Waals surface area (Å²) in [5, 5.41) is 3.47. The zero-order valence-electron chi connectivity index (χ0n) is 15.2. The fourth-order valence-corrected chi connectivity index (χ4v) is 4.06. The van der Waals surface area contributed by atoms with E-state index in [1.165, 1.54) is 16.2 Å². The lowest BCUT2D eigenvalue weighted by molar-refractivity contribution is 0.189. The van der Waals surface area contributed by atoms with Crippen LogP contribution in [0.4, 0.5) is 0 Å². The SMILES string of the molecule is CCNC(=NCc1ccc(C)s1)N1CCC(C)C(n2ccnc2)C1.I. The predicted octanol–water partition coefficient (Wildman–Crippen LogP) is 3.92. The van der Waals surface area contributed by atoms with E-state index >= 15 is 0 Å². The van der Waals surface area contributed by atoms with Gasteiger partial charge in [0.2, 0.25) is 0 Å². The van der Waals surface area contributed by atoms with Crippen molar-refractivity contribution >= 4 is 41.3 Å². The van der Waals surface area contributed by atoms with Crippen molar-refractivity contribution in [2.75, 3.05) is 19.6 Å². The van der Waals surface area contributed by atoms with Crippen molar-refractivity contribution < 1.29 is 0 Å². The number of thiophene rings is 1. The lowest BCUT2D eigenvalue weighted by Gasteiger charge is -2.39. The monoisotopic (exact) mass is 473 g/mol. The smallest absolute Gasteiger partial charge is 0.194 e. The van der Waals surface area contributed by atoms with E-state index in [1.54, 1.807) is 0 Å². The highest BCUT2D eigenvalue weighted by molar-refractivity contribution is 14.0. The number of hydrogen-bond donors (Lipinski definition) is 1. The topological polar surface area (TPSA) is 45.5 Å². The third kappa shape index (κ3) is 5.20. The van der Waals surface area contributed by atoms with Crippen LogP contribution >= 0.6 is 35.3 Å². The lowest BCUT2D eigenvalue weighted by atomic mass is 9.93.